The quantitative estimate of drug-likeness (QED) is 0.775. The maximum Gasteiger partial charge on any atom is 0.276 e. The summed E-state index contributed by atoms with van der Waals surface area (Å²) in [6.45, 7) is 0. The Morgan fingerprint density at radius 3 is 2.40 bits per heavy atom. The number of carbonyl (C=O) groups excluding carboxylic acids is 1. The molecule has 0 radical (unpaired) electrons. The molecule has 1 aromatic heterocycles. The van der Waals surface area contributed by atoms with Crippen molar-refractivity contribution in [1.29, 1.82) is 0 Å². The molecule has 0 fully saturated rings. The van der Waals surface area contributed by atoms with Crippen LogP contribution in [-0.2, 0) is 7.05 Å². The van der Waals surface area contributed by atoms with Gasteiger partial charge >= 0.3 is 0 Å². The largest absolute Gasteiger partial charge is 0.497 e. The highest BCUT2D eigenvalue weighted by atomic mass is 16.5. The second-order valence-corrected chi connectivity index (χ2v) is 5.45. The first kappa shape index (κ1) is 16.6. The van der Waals surface area contributed by atoms with E-state index in [0.29, 0.717) is 11.4 Å². The van der Waals surface area contributed by atoms with Gasteiger partial charge in [-0.2, -0.15) is 5.10 Å². The number of carbonyl (C=O) groups is 1. The number of aromatic nitrogens is 2. The summed E-state index contributed by atoms with van der Waals surface area (Å²) >= 11 is 0. The maximum atomic E-state index is 12.4. The number of amides is 1. The summed E-state index contributed by atoms with van der Waals surface area (Å²) in [6, 6.07) is 16.5. The van der Waals surface area contributed by atoms with Gasteiger partial charge in [0.1, 0.15) is 11.5 Å². The minimum atomic E-state index is -0.269. The van der Waals surface area contributed by atoms with Gasteiger partial charge in [-0.05, 0) is 42.5 Å². The Kier molecular flexibility index (Phi) is 4.70. The van der Waals surface area contributed by atoms with Crippen LogP contribution in [0.25, 0.3) is 11.3 Å². The molecule has 0 atom stereocenters. The standard InChI is InChI=1S/C19H19N3O3/c1-22-18(13-5-4-6-16(11-13)25-3)12-17(21-22)19(23)20-14-7-9-15(24-2)10-8-14/h4-12H,1-3H3,(H,20,23). The van der Waals surface area contributed by atoms with E-state index >= 15 is 0 Å². The minimum absolute atomic E-state index is 0.269. The lowest BCUT2D eigenvalue weighted by Crippen LogP contribution is -2.12. The number of aryl methyl sites for hydroxylation is 1. The highest BCUT2D eigenvalue weighted by Gasteiger charge is 2.14. The maximum absolute atomic E-state index is 12.4. The van der Waals surface area contributed by atoms with E-state index < -0.39 is 0 Å². The highest BCUT2D eigenvalue weighted by molar-refractivity contribution is 6.03. The average molecular weight is 337 g/mol. The van der Waals surface area contributed by atoms with E-state index in [4.69, 9.17) is 9.47 Å². The summed E-state index contributed by atoms with van der Waals surface area (Å²) in [5.74, 6) is 1.22. The van der Waals surface area contributed by atoms with Crippen LogP contribution in [0, 0.1) is 0 Å². The monoisotopic (exact) mass is 337 g/mol. The van der Waals surface area contributed by atoms with E-state index in [1.807, 2.05) is 24.3 Å². The van der Waals surface area contributed by atoms with Crippen LogP contribution < -0.4 is 14.8 Å². The molecule has 6 nitrogen and oxygen atoms in total. The van der Waals surface area contributed by atoms with Crippen LogP contribution in [-0.4, -0.2) is 29.9 Å². The van der Waals surface area contributed by atoms with E-state index in [9.17, 15) is 4.79 Å². The molecule has 0 saturated heterocycles. The fraction of sp³-hybridized carbons (Fsp3) is 0.158. The molecule has 3 rings (SSSR count). The van der Waals surface area contributed by atoms with E-state index in [1.54, 1.807) is 56.3 Å². The number of hydrogen-bond acceptors (Lipinski definition) is 4. The first-order valence-electron chi connectivity index (χ1n) is 7.74. The molecule has 0 spiro atoms. The first-order chi connectivity index (χ1) is 12.1. The normalized spacial score (nSPS) is 10.4. The van der Waals surface area contributed by atoms with Crippen LogP contribution in [0.15, 0.2) is 54.6 Å². The zero-order chi connectivity index (χ0) is 17.8. The Balaban J connectivity index is 1.82. The molecule has 128 valence electrons. The fourth-order valence-electron chi connectivity index (χ4n) is 2.50. The SMILES string of the molecule is COc1ccc(NC(=O)c2cc(-c3cccc(OC)c3)n(C)n2)cc1. The van der Waals surface area contributed by atoms with Gasteiger partial charge in [-0.3, -0.25) is 9.48 Å². The van der Waals surface area contributed by atoms with Gasteiger partial charge in [-0.1, -0.05) is 12.1 Å². The molecule has 1 heterocycles. The summed E-state index contributed by atoms with van der Waals surface area (Å²) in [6.07, 6.45) is 0. The van der Waals surface area contributed by atoms with Crippen LogP contribution in [0.2, 0.25) is 0 Å². The highest BCUT2D eigenvalue weighted by Crippen LogP contribution is 2.24. The third kappa shape index (κ3) is 3.63. The summed E-state index contributed by atoms with van der Waals surface area (Å²) in [5, 5.41) is 7.14. The van der Waals surface area contributed by atoms with Crippen LogP contribution in [0.1, 0.15) is 10.5 Å². The van der Waals surface area contributed by atoms with E-state index in [0.717, 1.165) is 22.8 Å². The smallest absolute Gasteiger partial charge is 0.276 e. The number of nitrogens with one attached hydrogen (secondary N) is 1. The minimum Gasteiger partial charge on any atom is -0.497 e. The molecular formula is C19H19N3O3. The zero-order valence-electron chi connectivity index (χ0n) is 14.3. The van der Waals surface area contributed by atoms with Crippen molar-refractivity contribution in [3.8, 4) is 22.8 Å². The average Bonchev–Trinajstić information content (AvgIpc) is 3.04. The van der Waals surface area contributed by atoms with Crippen LogP contribution in [0.5, 0.6) is 11.5 Å². The van der Waals surface area contributed by atoms with Crippen LogP contribution in [0.4, 0.5) is 5.69 Å². The van der Waals surface area contributed by atoms with E-state index in [-0.39, 0.29) is 5.91 Å². The molecule has 25 heavy (non-hydrogen) atoms. The van der Waals surface area contributed by atoms with Crippen molar-refractivity contribution in [2.75, 3.05) is 19.5 Å². The fourth-order valence-corrected chi connectivity index (χ4v) is 2.50. The van der Waals surface area contributed by atoms with Gasteiger partial charge in [0.15, 0.2) is 5.69 Å². The molecule has 0 bridgehead atoms. The lowest BCUT2D eigenvalue weighted by molar-refractivity contribution is 0.102. The molecule has 0 aliphatic rings. The molecule has 0 saturated carbocycles. The Bertz CT molecular complexity index is 885. The van der Waals surface area contributed by atoms with Crippen LogP contribution in [0.3, 0.4) is 0 Å². The van der Waals surface area contributed by atoms with Crippen molar-refractivity contribution in [3.63, 3.8) is 0 Å². The van der Waals surface area contributed by atoms with Gasteiger partial charge in [-0.25, -0.2) is 0 Å². The molecule has 1 N–H and O–H groups in total. The number of benzene rings is 2. The van der Waals surface area contributed by atoms with Crippen LogP contribution >= 0.6 is 0 Å². The number of rotatable bonds is 5. The molecule has 0 aliphatic carbocycles. The Morgan fingerprint density at radius 2 is 1.72 bits per heavy atom. The summed E-state index contributed by atoms with van der Waals surface area (Å²) < 4.78 is 12.0. The predicted molar refractivity (Wildman–Crippen MR) is 96.1 cm³/mol. The van der Waals surface area contributed by atoms with Crippen molar-refractivity contribution in [3.05, 3.63) is 60.3 Å². The zero-order valence-corrected chi connectivity index (χ0v) is 14.3. The van der Waals surface area contributed by atoms with Crippen molar-refractivity contribution in [2.24, 2.45) is 7.05 Å². The van der Waals surface area contributed by atoms with Gasteiger partial charge in [-0.15, -0.1) is 0 Å². The lowest BCUT2D eigenvalue weighted by Gasteiger charge is -2.04. The summed E-state index contributed by atoms with van der Waals surface area (Å²) in [7, 11) is 5.02. The van der Waals surface area contributed by atoms with Gasteiger partial charge < -0.3 is 14.8 Å². The molecule has 3 aromatic rings. The topological polar surface area (TPSA) is 65.4 Å². The third-order valence-electron chi connectivity index (χ3n) is 3.83. The van der Waals surface area contributed by atoms with E-state index in [1.165, 1.54) is 0 Å². The second kappa shape index (κ2) is 7.09. The first-order valence-corrected chi connectivity index (χ1v) is 7.74. The molecular weight excluding hydrogens is 318 g/mol. The Labute approximate surface area is 146 Å². The number of hydrogen-bond donors (Lipinski definition) is 1. The van der Waals surface area contributed by atoms with Crippen molar-refractivity contribution < 1.29 is 14.3 Å². The Hall–Kier alpha value is -3.28. The van der Waals surface area contributed by atoms with Crippen molar-refractivity contribution in [2.45, 2.75) is 0 Å². The number of nitrogens with zero attached hydrogens (tertiary/aromatic N) is 2. The summed E-state index contributed by atoms with van der Waals surface area (Å²) in [4.78, 5) is 12.4. The molecule has 0 aliphatic heterocycles. The van der Waals surface area contributed by atoms with Crippen molar-refractivity contribution >= 4 is 11.6 Å². The van der Waals surface area contributed by atoms with Gasteiger partial charge in [0.25, 0.3) is 5.91 Å². The predicted octanol–water partition coefficient (Wildman–Crippen LogP) is 3.36. The lowest BCUT2D eigenvalue weighted by atomic mass is 10.1. The number of ether oxygens (including phenoxy) is 2. The van der Waals surface area contributed by atoms with E-state index in [2.05, 4.69) is 10.4 Å². The third-order valence-corrected chi connectivity index (χ3v) is 3.83. The number of anilines is 1. The molecule has 1 amide bonds. The van der Waals surface area contributed by atoms with Gasteiger partial charge in [0.05, 0.1) is 19.9 Å². The Morgan fingerprint density at radius 1 is 1.00 bits per heavy atom. The number of methoxy groups -OCH3 is 2. The van der Waals surface area contributed by atoms with Gasteiger partial charge in [0, 0.05) is 18.3 Å². The van der Waals surface area contributed by atoms with Gasteiger partial charge in [0.2, 0.25) is 0 Å². The second-order valence-electron chi connectivity index (χ2n) is 5.45. The molecule has 2 aromatic carbocycles. The summed E-state index contributed by atoms with van der Waals surface area (Å²) in [5.41, 5.74) is 2.78. The molecule has 0 unspecified atom stereocenters. The molecule has 6 heteroatoms. The van der Waals surface area contributed by atoms with Crippen molar-refractivity contribution in [1.82, 2.24) is 9.78 Å².